The number of aryl methyl sites for hydroxylation is 2. The van der Waals surface area contributed by atoms with Gasteiger partial charge in [0.1, 0.15) is 0 Å². The maximum Gasteiger partial charge on any atom is 0.189 e. The molecule has 0 bridgehead atoms. The van der Waals surface area contributed by atoms with Gasteiger partial charge in [-0.15, -0.1) is 11.3 Å². The maximum absolute atomic E-state index is 5.10. The van der Waals surface area contributed by atoms with E-state index in [-0.39, 0.29) is 0 Å². The highest BCUT2D eigenvalue weighted by Gasteiger charge is 2.04. The van der Waals surface area contributed by atoms with Crippen molar-refractivity contribution >= 4 is 33.8 Å². The number of rotatable bonds is 3. The smallest absolute Gasteiger partial charge is 0.189 e. The number of hydrogen-bond donors (Lipinski definition) is 2. The largest absolute Gasteiger partial charge is 0.362 e. The average molecular weight is 229 g/mol. The van der Waals surface area contributed by atoms with E-state index in [0.29, 0.717) is 5.11 Å². The Bertz CT molecular complexity index is 300. The highest BCUT2D eigenvalue weighted by atomic mass is 32.1. The van der Waals surface area contributed by atoms with Crippen molar-refractivity contribution in [2.24, 2.45) is 0 Å². The molecule has 0 aliphatic carbocycles. The number of nitrogens with one attached hydrogen (secondary N) is 2. The van der Waals surface area contributed by atoms with Gasteiger partial charge in [0, 0.05) is 11.4 Å². The first kappa shape index (κ1) is 11.4. The van der Waals surface area contributed by atoms with E-state index in [1.54, 1.807) is 11.3 Å². The normalized spacial score (nSPS) is 9.93. The molecule has 0 amide bonds. The van der Waals surface area contributed by atoms with Gasteiger partial charge >= 0.3 is 0 Å². The Balaban J connectivity index is 2.48. The molecule has 0 saturated carbocycles. The molecule has 0 aliphatic rings. The molecular weight excluding hydrogens is 214 g/mol. The van der Waals surface area contributed by atoms with Crippen molar-refractivity contribution in [3.05, 3.63) is 10.6 Å². The molecule has 0 saturated heterocycles. The van der Waals surface area contributed by atoms with Gasteiger partial charge in [0.2, 0.25) is 0 Å². The Morgan fingerprint density at radius 2 is 2.21 bits per heavy atom. The molecule has 1 rings (SSSR count). The molecule has 0 atom stereocenters. The molecule has 1 aromatic rings. The Morgan fingerprint density at radius 1 is 1.50 bits per heavy atom. The summed E-state index contributed by atoms with van der Waals surface area (Å²) in [6.07, 6.45) is 1.07. The highest BCUT2D eigenvalue weighted by Crippen LogP contribution is 2.20. The van der Waals surface area contributed by atoms with Gasteiger partial charge in [-0.25, -0.2) is 4.98 Å². The van der Waals surface area contributed by atoms with Gasteiger partial charge in [0.15, 0.2) is 10.2 Å². The standard InChI is InChI=1S/C9H15N3S2/c1-4-5-10-8(13)12-9-11-6(2)7(3)14-9/h4-5H2,1-3H3,(H2,10,11,12,13). The molecule has 14 heavy (non-hydrogen) atoms. The maximum atomic E-state index is 5.10. The summed E-state index contributed by atoms with van der Waals surface area (Å²) in [6.45, 7) is 7.06. The molecular formula is C9H15N3S2. The molecule has 0 fully saturated rings. The topological polar surface area (TPSA) is 37.0 Å². The van der Waals surface area contributed by atoms with Gasteiger partial charge in [0.05, 0.1) is 5.69 Å². The number of nitrogens with zero attached hydrogens (tertiary/aromatic N) is 1. The Hall–Kier alpha value is -0.680. The molecule has 1 heterocycles. The lowest BCUT2D eigenvalue weighted by Gasteiger charge is -2.05. The third kappa shape index (κ3) is 3.23. The summed E-state index contributed by atoms with van der Waals surface area (Å²) < 4.78 is 0. The molecule has 1 aromatic heterocycles. The van der Waals surface area contributed by atoms with Crippen LogP contribution < -0.4 is 10.6 Å². The Kier molecular flexibility index (Phi) is 4.28. The van der Waals surface area contributed by atoms with Crippen LogP contribution in [-0.4, -0.2) is 16.6 Å². The average Bonchev–Trinajstić information content (AvgIpc) is 2.42. The fourth-order valence-electron chi connectivity index (χ4n) is 0.906. The predicted octanol–water partition coefficient (Wildman–Crippen LogP) is 2.46. The van der Waals surface area contributed by atoms with Crippen molar-refractivity contribution in [1.29, 1.82) is 0 Å². The predicted molar refractivity (Wildman–Crippen MR) is 66.1 cm³/mol. The van der Waals surface area contributed by atoms with Crippen molar-refractivity contribution in [3.8, 4) is 0 Å². The summed E-state index contributed by atoms with van der Waals surface area (Å²) in [7, 11) is 0. The molecule has 5 heteroatoms. The minimum Gasteiger partial charge on any atom is -0.362 e. The third-order valence-electron chi connectivity index (χ3n) is 1.78. The second-order valence-corrected chi connectivity index (χ2v) is 4.65. The fraction of sp³-hybridized carbons (Fsp3) is 0.556. The summed E-state index contributed by atoms with van der Waals surface area (Å²) in [5, 5.41) is 7.69. The lowest BCUT2D eigenvalue weighted by molar-refractivity contribution is 0.846. The summed E-state index contributed by atoms with van der Waals surface area (Å²) in [4.78, 5) is 5.57. The van der Waals surface area contributed by atoms with E-state index in [4.69, 9.17) is 12.2 Å². The third-order valence-corrected chi connectivity index (χ3v) is 3.02. The van der Waals surface area contributed by atoms with Gasteiger partial charge in [-0.1, -0.05) is 6.92 Å². The van der Waals surface area contributed by atoms with Gasteiger partial charge in [0.25, 0.3) is 0 Å². The van der Waals surface area contributed by atoms with E-state index < -0.39 is 0 Å². The first-order valence-corrected chi connectivity index (χ1v) is 5.84. The van der Waals surface area contributed by atoms with E-state index in [9.17, 15) is 0 Å². The SMILES string of the molecule is CCCNC(=S)Nc1nc(C)c(C)s1. The van der Waals surface area contributed by atoms with Gasteiger partial charge in [-0.2, -0.15) is 0 Å². The summed E-state index contributed by atoms with van der Waals surface area (Å²) in [5.41, 5.74) is 1.07. The molecule has 0 unspecified atom stereocenters. The van der Waals surface area contributed by atoms with Crippen LogP contribution in [0.5, 0.6) is 0 Å². The van der Waals surface area contributed by atoms with E-state index in [1.807, 2.05) is 6.92 Å². The number of thiazole rings is 1. The first-order chi connectivity index (χ1) is 6.63. The molecule has 0 spiro atoms. The molecule has 0 aliphatic heterocycles. The van der Waals surface area contributed by atoms with Crippen LogP contribution in [0.15, 0.2) is 0 Å². The number of aromatic nitrogens is 1. The van der Waals surface area contributed by atoms with Gasteiger partial charge in [-0.3, -0.25) is 0 Å². The van der Waals surface area contributed by atoms with E-state index in [2.05, 4.69) is 29.5 Å². The second-order valence-electron chi connectivity index (χ2n) is 3.04. The van der Waals surface area contributed by atoms with Crippen molar-refractivity contribution in [2.75, 3.05) is 11.9 Å². The minimum absolute atomic E-state index is 0.653. The zero-order valence-electron chi connectivity index (χ0n) is 8.68. The van der Waals surface area contributed by atoms with Crippen LogP contribution in [0.1, 0.15) is 23.9 Å². The van der Waals surface area contributed by atoms with Crippen LogP contribution in [0.25, 0.3) is 0 Å². The Morgan fingerprint density at radius 3 is 2.71 bits per heavy atom. The Labute approximate surface area is 93.9 Å². The summed E-state index contributed by atoms with van der Waals surface area (Å²) in [6, 6.07) is 0. The summed E-state index contributed by atoms with van der Waals surface area (Å²) in [5.74, 6) is 0. The van der Waals surface area contributed by atoms with E-state index in [1.165, 1.54) is 4.88 Å². The van der Waals surface area contributed by atoms with Crippen molar-refractivity contribution in [2.45, 2.75) is 27.2 Å². The van der Waals surface area contributed by atoms with Crippen LogP contribution in [-0.2, 0) is 0 Å². The fourth-order valence-corrected chi connectivity index (χ4v) is 1.99. The van der Waals surface area contributed by atoms with Crippen molar-refractivity contribution < 1.29 is 0 Å². The zero-order valence-corrected chi connectivity index (χ0v) is 10.3. The molecule has 0 radical (unpaired) electrons. The zero-order chi connectivity index (χ0) is 10.6. The van der Waals surface area contributed by atoms with E-state index in [0.717, 1.165) is 23.8 Å². The lowest BCUT2D eigenvalue weighted by Crippen LogP contribution is -2.28. The number of hydrogen-bond acceptors (Lipinski definition) is 3. The van der Waals surface area contributed by atoms with Crippen molar-refractivity contribution in [1.82, 2.24) is 10.3 Å². The van der Waals surface area contributed by atoms with Crippen LogP contribution >= 0.6 is 23.6 Å². The number of anilines is 1. The molecule has 0 aromatic carbocycles. The molecule has 78 valence electrons. The van der Waals surface area contributed by atoms with E-state index >= 15 is 0 Å². The molecule has 3 nitrogen and oxygen atoms in total. The van der Waals surface area contributed by atoms with Gasteiger partial charge in [-0.05, 0) is 32.5 Å². The highest BCUT2D eigenvalue weighted by molar-refractivity contribution is 7.80. The quantitative estimate of drug-likeness (QED) is 0.781. The monoisotopic (exact) mass is 229 g/mol. The number of thiocarbonyl (C=S) groups is 1. The van der Waals surface area contributed by atoms with Crippen LogP contribution in [0.4, 0.5) is 5.13 Å². The van der Waals surface area contributed by atoms with Gasteiger partial charge < -0.3 is 10.6 Å². The van der Waals surface area contributed by atoms with Crippen LogP contribution in [0.2, 0.25) is 0 Å². The second kappa shape index (κ2) is 5.26. The van der Waals surface area contributed by atoms with Crippen LogP contribution in [0.3, 0.4) is 0 Å². The van der Waals surface area contributed by atoms with Crippen molar-refractivity contribution in [3.63, 3.8) is 0 Å². The lowest BCUT2D eigenvalue weighted by atomic mass is 10.4. The first-order valence-electron chi connectivity index (χ1n) is 4.62. The van der Waals surface area contributed by atoms with Crippen LogP contribution in [0, 0.1) is 13.8 Å². The summed E-state index contributed by atoms with van der Waals surface area (Å²) >= 11 is 6.72. The minimum atomic E-state index is 0.653. The molecule has 2 N–H and O–H groups in total.